The minimum atomic E-state index is -4.55. The summed E-state index contributed by atoms with van der Waals surface area (Å²) in [5, 5.41) is 11.7. The smallest absolute Gasteiger partial charge is 0.410 e. The number of aromatic nitrogens is 4. The molecule has 8 aliphatic rings. The van der Waals surface area contributed by atoms with E-state index in [1.54, 1.807) is 71.3 Å². The van der Waals surface area contributed by atoms with Gasteiger partial charge in [-0.2, -0.15) is 26.3 Å². The Hall–Kier alpha value is -12.6. The summed E-state index contributed by atoms with van der Waals surface area (Å²) in [6, 6.07) is 31.6. The van der Waals surface area contributed by atoms with Crippen molar-refractivity contribution >= 4 is 86.4 Å². The van der Waals surface area contributed by atoms with Gasteiger partial charge in [-0.25, -0.2) is 29.1 Å². The predicted molar refractivity (Wildman–Crippen MR) is 467 cm³/mol. The van der Waals surface area contributed by atoms with Crippen LogP contribution in [-0.4, -0.2) is 210 Å². The molecule has 2 aromatic heterocycles. The van der Waals surface area contributed by atoms with Crippen molar-refractivity contribution in [1.82, 2.24) is 55.5 Å². The van der Waals surface area contributed by atoms with E-state index in [1.807, 2.05) is 105 Å². The van der Waals surface area contributed by atoms with Gasteiger partial charge in [-0.3, -0.25) is 29.3 Å². The van der Waals surface area contributed by atoms with E-state index >= 15 is 0 Å². The van der Waals surface area contributed by atoms with Crippen LogP contribution in [0.25, 0.3) is 66.3 Å². The number of methoxy groups -OCH3 is 5. The zero-order valence-electron chi connectivity index (χ0n) is 73.5. The number of rotatable bonds is 19. The molecule has 4 saturated heterocycles. The van der Waals surface area contributed by atoms with Crippen molar-refractivity contribution < 1.29 is 97.8 Å². The van der Waals surface area contributed by atoms with Crippen LogP contribution in [0, 0.1) is 35.5 Å². The quantitative estimate of drug-likeness (QED) is 0.0371. The van der Waals surface area contributed by atoms with E-state index < -0.39 is 115 Å². The largest absolute Gasteiger partial charge is 0.488 e. The number of aliphatic imine (C=N–C) groups is 2. The molecule has 17 rings (SSSR count). The van der Waals surface area contributed by atoms with Crippen molar-refractivity contribution in [3.05, 3.63) is 167 Å². The number of fused-ring (bicyclic) bond motifs is 12. The van der Waals surface area contributed by atoms with Crippen LogP contribution < -0.4 is 25.4 Å². The molecule has 680 valence electrons. The van der Waals surface area contributed by atoms with E-state index in [1.165, 1.54) is 7.11 Å². The zero-order chi connectivity index (χ0) is 91.6. The highest BCUT2D eigenvalue weighted by Gasteiger charge is 2.54. The number of benzene rings is 7. The molecule has 0 radical (unpaired) electrons. The number of carbonyl (C=O) groups is 7. The maximum absolute atomic E-state index is 14.4. The Bertz CT molecular complexity index is 5910. The molecule has 0 aliphatic carbocycles. The van der Waals surface area contributed by atoms with E-state index in [-0.39, 0.29) is 73.6 Å². The lowest BCUT2D eigenvalue weighted by Gasteiger charge is -2.30. The van der Waals surface area contributed by atoms with E-state index in [0.29, 0.717) is 68.3 Å². The number of imidazole rings is 2. The lowest BCUT2D eigenvalue weighted by atomic mass is 9.90. The van der Waals surface area contributed by atoms with Crippen molar-refractivity contribution in [2.75, 3.05) is 74.9 Å². The topological polar surface area (TPSA) is 324 Å². The van der Waals surface area contributed by atoms with Gasteiger partial charge in [-0.15, -0.1) is 0 Å². The summed E-state index contributed by atoms with van der Waals surface area (Å²) < 4.78 is 129. The molecule has 3 unspecified atom stereocenters. The van der Waals surface area contributed by atoms with Gasteiger partial charge in [0.1, 0.15) is 60.1 Å². The van der Waals surface area contributed by atoms with Crippen molar-refractivity contribution in [3.8, 4) is 56.3 Å². The predicted octanol–water partition coefficient (Wildman–Crippen LogP) is 16.7. The standard InChI is InChI=1S/C50H52F3N7O8.C45H51F3N6O7/c1-26(2)43(57-48(63)66-4)46(61)60-23-32(50(51,52)53)18-41(60)45-54-21-39(56-45)30-11-13-33-31(16-30)25-68-42-20-34-29(17-36(33)42)12-14-37-35(34)19-38(55-37)40-15-27(24-65-3)22-59(40)47(62)44(58-49(64)67-5)28-9-7-6-8-10-28;1-23(2)39(52-42(56)59-7)41(55)53-20-28(45(46,47)48)15-37(53)40-49-18-35(51-40)26-8-10-29-27(13-26)22-60-38-17-30-25(14-32(29)38)9-11-33-31(30)16-34(50-33)36-12-24(21-58-6)19-54(36)43(57)61-44(3,4)5/h6-14,16-17,20-21,26-27,32,40-41,43-44H,15,18-19,22-25H2,1-5H3,(H,54,56)(H,57,63)(H,58,64);8-11,13-14,17-18,23-24,28,36-37,39H,12,15-16,19-22H2,1-7H3,(H,49,51)(H,52,56)/t27-,32?,40-,41-,43-,44?;24-,28?,36-,37-,39-/m00/s1. The summed E-state index contributed by atoms with van der Waals surface area (Å²) in [6.07, 6.45) is -7.00. The fourth-order valence-corrected chi connectivity index (χ4v) is 19.2. The summed E-state index contributed by atoms with van der Waals surface area (Å²) in [4.78, 5) is 123. The average Bonchev–Trinajstić information content (AvgIpc) is 1.16. The van der Waals surface area contributed by atoms with Crippen LogP contribution in [0.5, 0.6) is 11.5 Å². The maximum atomic E-state index is 14.4. The van der Waals surface area contributed by atoms with Gasteiger partial charge in [-0.05, 0) is 178 Å². The van der Waals surface area contributed by atoms with Crippen molar-refractivity contribution in [2.24, 2.45) is 45.5 Å². The molecule has 5 N–H and O–H groups in total. The highest BCUT2D eigenvalue weighted by Crippen LogP contribution is 2.51. The number of alkyl halides is 6. The number of hydrogen-bond acceptors (Lipinski definition) is 19. The van der Waals surface area contributed by atoms with E-state index in [9.17, 15) is 59.9 Å². The third-order valence-corrected chi connectivity index (χ3v) is 25.6. The number of halogens is 6. The number of H-pyrrole nitrogens is 2. The Labute approximate surface area is 740 Å². The van der Waals surface area contributed by atoms with Gasteiger partial charge >= 0.3 is 36.7 Å². The number of nitrogens with one attached hydrogen (secondary N) is 5. The average molecular weight is 1780 g/mol. The van der Waals surface area contributed by atoms with Crippen LogP contribution in [-0.2, 0) is 68.9 Å². The van der Waals surface area contributed by atoms with Crippen molar-refractivity contribution in [2.45, 2.75) is 160 Å². The summed E-state index contributed by atoms with van der Waals surface area (Å²) in [5.74, 6) is -3.83. The van der Waals surface area contributed by atoms with E-state index in [2.05, 4.69) is 69.6 Å². The third-order valence-electron chi connectivity index (χ3n) is 25.6. The normalized spacial score (nSPS) is 21.0. The zero-order valence-corrected chi connectivity index (χ0v) is 73.5. The molecule has 0 saturated carbocycles. The summed E-state index contributed by atoms with van der Waals surface area (Å²) in [5.41, 5.74) is 13.8. The molecule has 9 aromatic rings. The van der Waals surface area contributed by atoms with Gasteiger partial charge in [0, 0.05) is 87.6 Å². The number of alkyl carbamates (subject to hydrolysis) is 3. The van der Waals surface area contributed by atoms with Gasteiger partial charge < -0.3 is 78.5 Å². The van der Waals surface area contributed by atoms with Gasteiger partial charge in [0.05, 0.1) is 106 Å². The van der Waals surface area contributed by atoms with Gasteiger partial charge in [0.25, 0.3) is 0 Å². The number of aromatic amines is 2. The molecule has 10 heterocycles. The fraction of sp³-hybridized carbons (Fsp3) is 0.442. The third kappa shape index (κ3) is 18.4. The van der Waals surface area contributed by atoms with Crippen LogP contribution in [0.15, 0.2) is 138 Å². The molecule has 28 nitrogen and oxygen atoms in total. The molecule has 0 spiro atoms. The molecule has 129 heavy (non-hydrogen) atoms. The first-order valence-electron chi connectivity index (χ1n) is 43.1. The Morgan fingerprint density at radius 1 is 0.488 bits per heavy atom. The van der Waals surface area contributed by atoms with Gasteiger partial charge in [0.2, 0.25) is 17.7 Å². The second-order valence-corrected chi connectivity index (χ2v) is 35.9. The SMILES string of the molecule is COC[C@H]1C[C@@H](C2=Nc3ccc4cc5c(cc4c3C2)OCc2cc(-c3cnc([C@@H]4CC(C(F)(F)F)CN4C(=O)[C@@H](NC(=O)OC)C(C)C)[nH]3)ccc2-5)N(C(=O)C(NC(=O)OC)c2ccccc2)C1.COC[C@H]1C[C@@H](C2=Nc3ccc4cc5c(cc4c3C2)OCc2cc(-c3cnc([C@@H]4CC(C(F)(F)F)CN4C(=O)[C@@H](NC(=O)OC)C(C)C)[nH]3)ccc2-5)N(C(=O)OC(C)(C)C)C1. The number of amides is 7. The first-order valence-corrected chi connectivity index (χ1v) is 43.1. The first-order chi connectivity index (χ1) is 61.6. The molecule has 0 bridgehead atoms. The van der Waals surface area contributed by atoms with Crippen LogP contribution in [0.2, 0.25) is 0 Å². The van der Waals surface area contributed by atoms with Crippen LogP contribution in [0.1, 0.15) is 132 Å². The highest BCUT2D eigenvalue weighted by atomic mass is 19.4. The summed E-state index contributed by atoms with van der Waals surface area (Å²) in [7, 11) is 6.88. The Kier molecular flexibility index (Phi) is 25.2. The minimum absolute atomic E-state index is 0.0585. The van der Waals surface area contributed by atoms with Crippen molar-refractivity contribution in [3.63, 3.8) is 0 Å². The van der Waals surface area contributed by atoms with Crippen LogP contribution in [0.4, 0.5) is 56.9 Å². The molecule has 7 amide bonds. The van der Waals surface area contributed by atoms with Crippen molar-refractivity contribution in [1.29, 1.82) is 0 Å². The van der Waals surface area contributed by atoms with Crippen LogP contribution in [0.3, 0.4) is 0 Å². The second kappa shape index (κ2) is 36.2. The molecule has 4 fully saturated rings. The Morgan fingerprint density at radius 3 is 1.33 bits per heavy atom. The number of hydrogen-bond donors (Lipinski definition) is 5. The number of carbonyl (C=O) groups excluding carboxylic acids is 7. The minimum Gasteiger partial charge on any atom is -0.488 e. The number of likely N-dealkylation sites (tertiary alicyclic amines) is 4. The van der Waals surface area contributed by atoms with E-state index in [4.69, 9.17) is 38.4 Å². The molecular formula is C95H103F6N13O15. The first kappa shape index (κ1) is 89.8. The molecule has 34 heteroatoms. The van der Waals surface area contributed by atoms with Crippen LogP contribution >= 0.6 is 0 Å². The lowest BCUT2D eigenvalue weighted by molar-refractivity contribution is -0.172. The number of nitrogens with zero attached hydrogens (tertiary/aromatic N) is 8. The summed E-state index contributed by atoms with van der Waals surface area (Å²) >= 11 is 0. The second-order valence-electron chi connectivity index (χ2n) is 35.9. The Balaban J connectivity index is 0.000000190. The molecule has 7 aromatic carbocycles. The van der Waals surface area contributed by atoms with E-state index in [0.717, 1.165) is 136 Å². The molecule has 11 atom stereocenters. The van der Waals surface area contributed by atoms with Gasteiger partial charge in [-0.1, -0.05) is 94.4 Å². The fourth-order valence-electron chi connectivity index (χ4n) is 19.2. The molecule has 8 aliphatic heterocycles. The highest BCUT2D eigenvalue weighted by molar-refractivity contribution is 6.08. The molecular weight excluding hydrogens is 1680 g/mol. The monoisotopic (exact) mass is 1780 g/mol. The number of ether oxygens (including phenoxy) is 8. The summed E-state index contributed by atoms with van der Waals surface area (Å²) in [6.45, 7) is 13.8. The van der Waals surface area contributed by atoms with Gasteiger partial charge in [0.15, 0.2) is 0 Å². The lowest BCUT2D eigenvalue weighted by Crippen LogP contribution is -2.51. The maximum Gasteiger partial charge on any atom is 0.410 e. The Morgan fingerprint density at radius 2 is 0.915 bits per heavy atom.